The van der Waals surface area contributed by atoms with Gasteiger partial charge < -0.3 is 9.72 Å². The molecule has 108 valence electrons. The molecule has 21 heavy (non-hydrogen) atoms. The Kier molecular flexibility index (Phi) is 2.68. The van der Waals surface area contributed by atoms with Gasteiger partial charge in [0.15, 0.2) is 0 Å². The van der Waals surface area contributed by atoms with Gasteiger partial charge in [-0.3, -0.25) is 4.79 Å². The third-order valence-electron chi connectivity index (χ3n) is 4.29. The maximum absolute atomic E-state index is 11.9. The molecule has 0 amide bonds. The van der Waals surface area contributed by atoms with Gasteiger partial charge in [0.2, 0.25) is 0 Å². The van der Waals surface area contributed by atoms with Crippen molar-refractivity contribution in [2.75, 3.05) is 0 Å². The molecule has 3 aromatic heterocycles. The van der Waals surface area contributed by atoms with E-state index in [1.807, 2.05) is 0 Å². The van der Waals surface area contributed by atoms with Gasteiger partial charge in [-0.25, -0.2) is 9.97 Å². The van der Waals surface area contributed by atoms with Gasteiger partial charge in [-0.2, -0.15) is 0 Å². The Morgan fingerprint density at radius 2 is 2.38 bits per heavy atom. The number of aromatic nitrogens is 3. The van der Waals surface area contributed by atoms with Crippen LogP contribution in [-0.2, 0) is 17.8 Å². The Labute approximate surface area is 125 Å². The fraction of sp³-hybridized carbons (Fsp3) is 0.400. The molecule has 0 spiro atoms. The first-order chi connectivity index (χ1) is 10.1. The quantitative estimate of drug-likeness (QED) is 0.750. The second-order valence-corrected chi connectivity index (χ2v) is 6.73. The lowest BCUT2D eigenvalue weighted by atomic mass is 9.91. The summed E-state index contributed by atoms with van der Waals surface area (Å²) in [6.45, 7) is 4.83. The highest BCUT2D eigenvalue weighted by Crippen LogP contribution is 2.35. The minimum atomic E-state index is -0.139. The summed E-state index contributed by atoms with van der Waals surface area (Å²) in [4.78, 5) is 24.5. The van der Waals surface area contributed by atoms with Gasteiger partial charge in [0, 0.05) is 17.4 Å². The molecule has 4 rings (SSSR count). The molecule has 3 aromatic rings. The Morgan fingerprint density at radius 3 is 3.19 bits per heavy atom. The third-order valence-corrected chi connectivity index (χ3v) is 5.37. The molecule has 1 aliphatic rings. The first-order valence-corrected chi connectivity index (χ1v) is 7.84. The zero-order valence-electron chi connectivity index (χ0n) is 11.9. The zero-order valence-corrected chi connectivity index (χ0v) is 12.7. The highest BCUT2D eigenvalue weighted by atomic mass is 32.1. The molecule has 5 nitrogen and oxygen atoms in total. The van der Waals surface area contributed by atoms with E-state index in [0.29, 0.717) is 11.3 Å². The number of pyridine rings is 1. The van der Waals surface area contributed by atoms with Crippen LogP contribution in [0, 0.1) is 0 Å². The van der Waals surface area contributed by atoms with Crippen LogP contribution in [0.2, 0.25) is 0 Å². The van der Waals surface area contributed by atoms with Gasteiger partial charge in [0.1, 0.15) is 9.53 Å². The predicted molar refractivity (Wildman–Crippen MR) is 82.7 cm³/mol. The molecule has 0 saturated carbocycles. The second-order valence-electron chi connectivity index (χ2n) is 5.73. The molecule has 1 atom stereocenters. The summed E-state index contributed by atoms with van der Waals surface area (Å²) in [5.41, 5.74) is 2.69. The number of fused-ring (bicyclic) bond motifs is 4. The van der Waals surface area contributed by atoms with E-state index in [-0.39, 0.29) is 11.2 Å². The highest BCUT2D eigenvalue weighted by Gasteiger charge is 2.30. The van der Waals surface area contributed by atoms with Gasteiger partial charge >= 0.3 is 0 Å². The molecule has 0 radical (unpaired) electrons. The average Bonchev–Trinajstić information content (AvgIpc) is 2.84. The largest absolute Gasteiger partial charge is 0.370 e. The van der Waals surface area contributed by atoms with E-state index in [4.69, 9.17) is 9.72 Å². The van der Waals surface area contributed by atoms with Gasteiger partial charge in [-0.1, -0.05) is 6.92 Å². The molecule has 0 fully saturated rings. The Bertz CT molecular complexity index is 914. The van der Waals surface area contributed by atoms with Crippen LogP contribution in [0.25, 0.3) is 20.4 Å². The summed E-state index contributed by atoms with van der Waals surface area (Å²) in [5.74, 6) is 0. The van der Waals surface area contributed by atoms with Crippen LogP contribution in [0.1, 0.15) is 31.5 Å². The van der Waals surface area contributed by atoms with Crippen LogP contribution >= 0.6 is 11.3 Å². The summed E-state index contributed by atoms with van der Waals surface area (Å²) in [7, 11) is 0. The molecule has 0 aliphatic carbocycles. The van der Waals surface area contributed by atoms with Crippen molar-refractivity contribution in [1.29, 1.82) is 0 Å². The van der Waals surface area contributed by atoms with Gasteiger partial charge in [-0.05, 0) is 19.4 Å². The van der Waals surface area contributed by atoms with E-state index in [9.17, 15) is 4.79 Å². The molecular weight excluding hydrogens is 286 g/mol. The van der Waals surface area contributed by atoms with Crippen LogP contribution < -0.4 is 5.56 Å². The zero-order chi connectivity index (χ0) is 14.6. The third kappa shape index (κ3) is 1.90. The molecule has 0 aromatic carbocycles. The van der Waals surface area contributed by atoms with E-state index in [2.05, 4.69) is 29.9 Å². The molecular formula is C15H15N3O2S. The average molecular weight is 301 g/mol. The number of H-pyrrole nitrogens is 1. The lowest BCUT2D eigenvalue weighted by molar-refractivity contribution is -0.0573. The van der Waals surface area contributed by atoms with Gasteiger partial charge in [-0.15, -0.1) is 11.3 Å². The molecule has 6 heteroatoms. The number of ether oxygens (including phenoxy) is 1. The minimum Gasteiger partial charge on any atom is -0.370 e. The van der Waals surface area contributed by atoms with E-state index in [1.54, 1.807) is 0 Å². The Morgan fingerprint density at radius 1 is 1.52 bits per heavy atom. The lowest BCUT2D eigenvalue weighted by Gasteiger charge is -2.33. The van der Waals surface area contributed by atoms with E-state index >= 15 is 0 Å². The van der Waals surface area contributed by atoms with Crippen molar-refractivity contribution in [1.82, 2.24) is 15.0 Å². The number of hydrogen-bond acceptors (Lipinski definition) is 5. The van der Waals surface area contributed by atoms with E-state index in [1.165, 1.54) is 17.7 Å². The molecule has 0 unspecified atom stereocenters. The maximum Gasteiger partial charge on any atom is 0.268 e. The summed E-state index contributed by atoms with van der Waals surface area (Å²) in [6, 6.07) is 2.08. The minimum absolute atomic E-state index is 0.101. The normalized spacial score (nSPS) is 21.8. The van der Waals surface area contributed by atoms with Crippen LogP contribution in [0.5, 0.6) is 0 Å². The fourth-order valence-electron chi connectivity index (χ4n) is 2.75. The van der Waals surface area contributed by atoms with Crippen LogP contribution in [0.15, 0.2) is 17.2 Å². The second kappa shape index (κ2) is 4.35. The molecule has 1 N–H and O–H groups in total. The van der Waals surface area contributed by atoms with Crippen molar-refractivity contribution in [3.8, 4) is 0 Å². The van der Waals surface area contributed by atoms with E-state index < -0.39 is 0 Å². The number of nitrogens with one attached hydrogen (secondary N) is 1. The van der Waals surface area contributed by atoms with Crippen molar-refractivity contribution < 1.29 is 4.74 Å². The molecule has 1 aliphatic heterocycles. The van der Waals surface area contributed by atoms with Gasteiger partial charge in [0.05, 0.1) is 29.7 Å². The first kappa shape index (κ1) is 12.9. The summed E-state index contributed by atoms with van der Waals surface area (Å²) >= 11 is 1.41. The summed E-state index contributed by atoms with van der Waals surface area (Å²) < 4.78 is 6.62. The lowest BCUT2D eigenvalue weighted by Crippen LogP contribution is -2.35. The van der Waals surface area contributed by atoms with Crippen LogP contribution in [0.4, 0.5) is 0 Å². The Balaban J connectivity index is 1.98. The number of hydrogen-bond donors (Lipinski definition) is 1. The van der Waals surface area contributed by atoms with Crippen molar-refractivity contribution in [3.05, 3.63) is 34.0 Å². The van der Waals surface area contributed by atoms with Crippen molar-refractivity contribution >= 4 is 31.8 Å². The SMILES string of the molecule is CC[C@]1(C)Cc2nc3sc4c(=O)[nH]cnc4c3cc2CO1. The molecule has 0 bridgehead atoms. The summed E-state index contributed by atoms with van der Waals surface area (Å²) in [5, 5.41) is 0.948. The maximum atomic E-state index is 11.9. The number of aromatic amines is 1. The van der Waals surface area contributed by atoms with Crippen molar-refractivity contribution in [2.45, 2.75) is 38.9 Å². The van der Waals surface area contributed by atoms with Crippen LogP contribution in [-0.4, -0.2) is 20.6 Å². The standard InChI is InChI=1S/C15H15N3O2S/c1-3-15(2)5-10-8(6-20-15)4-9-11-12(21-14(9)18-10)13(19)17-7-16-11/h4,7H,3,5-6H2,1-2H3,(H,16,17,19)/t15-/m1/s1. The molecule has 0 saturated heterocycles. The Hall–Kier alpha value is -1.79. The van der Waals surface area contributed by atoms with Crippen molar-refractivity contribution in [3.63, 3.8) is 0 Å². The summed E-state index contributed by atoms with van der Waals surface area (Å²) in [6.07, 6.45) is 3.22. The number of nitrogens with zero attached hydrogens (tertiary/aromatic N) is 2. The smallest absolute Gasteiger partial charge is 0.268 e. The predicted octanol–water partition coefficient (Wildman–Crippen LogP) is 2.77. The first-order valence-electron chi connectivity index (χ1n) is 7.02. The monoisotopic (exact) mass is 301 g/mol. The fourth-order valence-corrected chi connectivity index (χ4v) is 3.78. The number of rotatable bonds is 1. The van der Waals surface area contributed by atoms with E-state index in [0.717, 1.165) is 39.8 Å². The topological polar surface area (TPSA) is 67.9 Å². The van der Waals surface area contributed by atoms with Crippen LogP contribution in [0.3, 0.4) is 0 Å². The van der Waals surface area contributed by atoms with Gasteiger partial charge in [0.25, 0.3) is 5.56 Å². The number of thiophene rings is 1. The van der Waals surface area contributed by atoms with Crippen molar-refractivity contribution in [2.24, 2.45) is 0 Å². The molecule has 4 heterocycles. The highest BCUT2D eigenvalue weighted by molar-refractivity contribution is 7.25.